The smallest absolute Gasteiger partial charge is 0.321 e. The van der Waals surface area contributed by atoms with E-state index in [-0.39, 0.29) is 11.9 Å². The maximum absolute atomic E-state index is 12.6. The zero-order chi connectivity index (χ0) is 17.7. The van der Waals surface area contributed by atoms with Gasteiger partial charge < -0.3 is 15.1 Å². The molecule has 1 atom stereocenters. The number of carbonyl (C=O) groups is 2. The fourth-order valence-electron chi connectivity index (χ4n) is 3.34. The lowest BCUT2D eigenvalue weighted by Gasteiger charge is -2.23. The van der Waals surface area contributed by atoms with E-state index in [0.717, 1.165) is 38.0 Å². The normalized spacial score (nSPS) is 17.0. The van der Waals surface area contributed by atoms with Crippen LogP contribution >= 0.6 is 0 Å². The van der Waals surface area contributed by atoms with Crippen LogP contribution in [-0.4, -0.2) is 48.4 Å². The molecule has 1 aromatic rings. The van der Waals surface area contributed by atoms with Crippen LogP contribution in [-0.2, 0) is 17.6 Å². The molecule has 1 fully saturated rings. The van der Waals surface area contributed by atoms with E-state index in [1.165, 1.54) is 11.1 Å². The minimum absolute atomic E-state index is 0.0770. The van der Waals surface area contributed by atoms with E-state index in [0.29, 0.717) is 12.5 Å². The first-order chi connectivity index (χ1) is 11.5. The molecule has 1 heterocycles. The highest BCUT2D eigenvalue weighted by Crippen LogP contribution is 2.23. The van der Waals surface area contributed by atoms with Crippen LogP contribution in [0.3, 0.4) is 0 Å². The van der Waals surface area contributed by atoms with Gasteiger partial charge in [-0.05, 0) is 36.3 Å². The number of nitrogens with one attached hydrogen (secondary N) is 1. The number of rotatable bonds is 5. The lowest BCUT2D eigenvalue weighted by atomic mass is 10.0. The Morgan fingerprint density at radius 2 is 1.88 bits per heavy atom. The Kier molecular flexibility index (Phi) is 6.23. The minimum atomic E-state index is -0.0770. The van der Waals surface area contributed by atoms with E-state index in [2.05, 4.69) is 31.3 Å². The van der Waals surface area contributed by atoms with Crippen molar-refractivity contribution in [3.05, 3.63) is 29.3 Å². The summed E-state index contributed by atoms with van der Waals surface area (Å²) in [4.78, 5) is 27.6. The maximum Gasteiger partial charge on any atom is 0.321 e. The summed E-state index contributed by atoms with van der Waals surface area (Å²) in [6.45, 7) is 8.02. The second kappa shape index (κ2) is 8.18. The molecule has 1 aliphatic rings. The summed E-state index contributed by atoms with van der Waals surface area (Å²) >= 11 is 0. The van der Waals surface area contributed by atoms with Gasteiger partial charge in [0.25, 0.3) is 0 Å². The highest BCUT2D eigenvalue weighted by atomic mass is 16.2. The molecular formula is C19H29N3O2. The van der Waals surface area contributed by atoms with Crippen molar-refractivity contribution < 1.29 is 9.59 Å². The Labute approximate surface area is 145 Å². The second-order valence-corrected chi connectivity index (χ2v) is 6.59. The summed E-state index contributed by atoms with van der Waals surface area (Å²) in [6.07, 6.45) is 2.75. The molecule has 1 N–H and O–H groups in total. The molecular weight excluding hydrogens is 302 g/mol. The molecule has 0 saturated carbocycles. The summed E-state index contributed by atoms with van der Waals surface area (Å²) in [5.41, 5.74) is 3.29. The van der Waals surface area contributed by atoms with Crippen molar-refractivity contribution in [2.45, 2.75) is 40.0 Å². The summed E-state index contributed by atoms with van der Waals surface area (Å²) in [5, 5.41) is 3.10. The van der Waals surface area contributed by atoms with E-state index in [1.54, 1.807) is 11.8 Å². The SMILES string of the molecule is CCc1cccc(CC)c1NC(=O)N(C)CC1CCN(C(C)=O)C1. The van der Waals surface area contributed by atoms with Crippen molar-refractivity contribution in [3.63, 3.8) is 0 Å². The summed E-state index contributed by atoms with van der Waals surface area (Å²) in [5.74, 6) is 0.478. The summed E-state index contributed by atoms with van der Waals surface area (Å²) < 4.78 is 0. The molecule has 0 bridgehead atoms. The number of aryl methyl sites for hydroxylation is 2. The molecule has 1 unspecified atom stereocenters. The van der Waals surface area contributed by atoms with Crippen molar-refractivity contribution in [1.82, 2.24) is 9.80 Å². The molecule has 5 nitrogen and oxygen atoms in total. The largest absolute Gasteiger partial charge is 0.343 e. The van der Waals surface area contributed by atoms with Gasteiger partial charge in [0.15, 0.2) is 0 Å². The van der Waals surface area contributed by atoms with Crippen LogP contribution in [0.25, 0.3) is 0 Å². The average Bonchev–Trinajstić information content (AvgIpc) is 3.03. The highest BCUT2D eigenvalue weighted by Gasteiger charge is 2.26. The van der Waals surface area contributed by atoms with E-state index in [1.807, 2.05) is 18.0 Å². The molecule has 24 heavy (non-hydrogen) atoms. The van der Waals surface area contributed by atoms with Crippen LogP contribution < -0.4 is 5.32 Å². The van der Waals surface area contributed by atoms with E-state index in [9.17, 15) is 9.59 Å². The lowest BCUT2D eigenvalue weighted by molar-refractivity contribution is -0.127. The number of hydrogen-bond acceptors (Lipinski definition) is 2. The van der Waals surface area contributed by atoms with Gasteiger partial charge in [0.2, 0.25) is 5.91 Å². The predicted octanol–water partition coefficient (Wildman–Crippen LogP) is 3.14. The first-order valence-electron chi connectivity index (χ1n) is 8.84. The van der Waals surface area contributed by atoms with Crippen LogP contribution in [0.15, 0.2) is 18.2 Å². The number of likely N-dealkylation sites (tertiary alicyclic amines) is 1. The molecule has 0 aromatic heterocycles. The van der Waals surface area contributed by atoms with Crippen LogP contribution in [0.2, 0.25) is 0 Å². The van der Waals surface area contributed by atoms with Gasteiger partial charge in [-0.25, -0.2) is 4.79 Å². The number of amides is 3. The molecule has 0 radical (unpaired) electrons. The lowest BCUT2D eigenvalue weighted by Crippen LogP contribution is -2.37. The molecule has 132 valence electrons. The van der Waals surface area contributed by atoms with Gasteiger partial charge in [-0.2, -0.15) is 0 Å². The molecule has 3 amide bonds. The number of anilines is 1. The number of para-hydroxylation sites is 1. The van der Waals surface area contributed by atoms with Crippen molar-refractivity contribution >= 4 is 17.6 Å². The third kappa shape index (κ3) is 4.28. The van der Waals surface area contributed by atoms with Crippen molar-refractivity contribution in [3.8, 4) is 0 Å². The van der Waals surface area contributed by atoms with Crippen LogP contribution in [0.4, 0.5) is 10.5 Å². The maximum atomic E-state index is 12.6. The third-order valence-corrected chi connectivity index (χ3v) is 4.84. The summed E-state index contributed by atoms with van der Waals surface area (Å²) in [7, 11) is 1.83. The fourth-order valence-corrected chi connectivity index (χ4v) is 3.34. The van der Waals surface area contributed by atoms with Crippen LogP contribution in [0.1, 0.15) is 38.3 Å². The van der Waals surface area contributed by atoms with Crippen molar-refractivity contribution in [2.75, 3.05) is 32.0 Å². The monoisotopic (exact) mass is 331 g/mol. The topological polar surface area (TPSA) is 52.7 Å². The Bertz CT molecular complexity index is 578. The van der Waals surface area contributed by atoms with Crippen LogP contribution in [0, 0.1) is 5.92 Å². The molecule has 0 spiro atoms. The standard InChI is InChI=1S/C19H29N3O2/c1-5-16-8-7-9-17(6-2)18(16)20-19(24)21(4)12-15-10-11-22(13-15)14(3)23/h7-9,15H,5-6,10-13H2,1-4H3,(H,20,24). The Morgan fingerprint density at radius 3 is 2.38 bits per heavy atom. The minimum Gasteiger partial charge on any atom is -0.343 e. The van der Waals surface area contributed by atoms with Gasteiger partial charge in [0.1, 0.15) is 0 Å². The molecule has 5 heteroatoms. The quantitative estimate of drug-likeness (QED) is 0.901. The number of urea groups is 1. The first-order valence-corrected chi connectivity index (χ1v) is 8.84. The average molecular weight is 331 g/mol. The van der Waals surface area contributed by atoms with Crippen molar-refractivity contribution in [2.24, 2.45) is 5.92 Å². The molecule has 1 saturated heterocycles. The highest BCUT2D eigenvalue weighted by molar-refractivity contribution is 5.91. The molecule has 1 aliphatic heterocycles. The number of benzene rings is 1. The predicted molar refractivity (Wildman–Crippen MR) is 97.2 cm³/mol. The van der Waals surface area contributed by atoms with Gasteiger partial charge in [-0.3, -0.25) is 4.79 Å². The van der Waals surface area contributed by atoms with Gasteiger partial charge in [-0.15, -0.1) is 0 Å². The zero-order valence-electron chi connectivity index (χ0n) is 15.3. The van der Waals surface area contributed by atoms with Gasteiger partial charge in [0, 0.05) is 39.3 Å². The molecule has 2 rings (SSSR count). The Hall–Kier alpha value is -2.04. The van der Waals surface area contributed by atoms with Crippen LogP contribution in [0.5, 0.6) is 0 Å². The number of nitrogens with zero attached hydrogens (tertiary/aromatic N) is 2. The Morgan fingerprint density at radius 1 is 1.25 bits per heavy atom. The number of carbonyl (C=O) groups excluding carboxylic acids is 2. The molecule has 1 aromatic carbocycles. The number of hydrogen-bond donors (Lipinski definition) is 1. The third-order valence-electron chi connectivity index (χ3n) is 4.84. The first kappa shape index (κ1) is 18.3. The van der Waals surface area contributed by atoms with E-state index >= 15 is 0 Å². The van der Waals surface area contributed by atoms with E-state index in [4.69, 9.17) is 0 Å². The zero-order valence-corrected chi connectivity index (χ0v) is 15.3. The van der Waals surface area contributed by atoms with Gasteiger partial charge in [0.05, 0.1) is 0 Å². The summed E-state index contributed by atoms with van der Waals surface area (Å²) in [6, 6.07) is 6.10. The second-order valence-electron chi connectivity index (χ2n) is 6.59. The fraction of sp³-hybridized carbons (Fsp3) is 0.579. The van der Waals surface area contributed by atoms with Crippen molar-refractivity contribution in [1.29, 1.82) is 0 Å². The van der Waals surface area contributed by atoms with Gasteiger partial charge >= 0.3 is 6.03 Å². The molecule has 0 aliphatic carbocycles. The van der Waals surface area contributed by atoms with E-state index < -0.39 is 0 Å². The Balaban J connectivity index is 1.99. The van der Waals surface area contributed by atoms with Gasteiger partial charge in [-0.1, -0.05) is 32.0 Å².